The van der Waals surface area contributed by atoms with E-state index in [2.05, 4.69) is 105 Å². The lowest BCUT2D eigenvalue weighted by molar-refractivity contribution is -0.672. The van der Waals surface area contributed by atoms with Crippen molar-refractivity contribution in [3.05, 3.63) is 121 Å². The summed E-state index contributed by atoms with van der Waals surface area (Å²) in [4.78, 5) is 27.4. The second-order valence-electron chi connectivity index (χ2n) is 11.1. The number of ether oxygens (including phenoxy) is 1. The molecule has 4 aromatic carbocycles. The monoisotopic (exact) mass is 612 g/mol. The van der Waals surface area contributed by atoms with Gasteiger partial charge in [0.05, 0.1) is 37.9 Å². The molecule has 1 amide bonds. The van der Waals surface area contributed by atoms with Crippen LogP contribution in [0.2, 0.25) is 0 Å². The highest BCUT2D eigenvalue weighted by atomic mass is 16.5. The Balaban J connectivity index is 1.26. The first kappa shape index (κ1) is 30.4. The zero-order chi connectivity index (χ0) is 32.0. The Hall–Kier alpha value is -5.63. The molecule has 232 valence electrons. The van der Waals surface area contributed by atoms with E-state index in [1.807, 2.05) is 48.6 Å². The lowest BCUT2D eigenvalue weighted by Gasteiger charge is -2.22. The van der Waals surface area contributed by atoms with E-state index in [1.54, 1.807) is 7.05 Å². The molecule has 0 spiro atoms. The lowest BCUT2D eigenvalue weighted by Crippen LogP contribution is -2.39. The highest BCUT2D eigenvalue weighted by Crippen LogP contribution is 2.45. The van der Waals surface area contributed by atoms with Gasteiger partial charge in [-0.15, -0.1) is 0 Å². The zero-order valence-electron chi connectivity index (χ0n) is 26.4. The molecule has 1 aromatic heterocycles. The van der Waals surface area contributed by atoms with Crippen molar-refractivity contribution in [1.82, 2.24) is 9.88 Å². The van der Waals surface area contributed by atoms with Crippen LogP contribution in [-0.2, 0) is 27.9 Å². The number of aryl methyl sites for hydroxylation is 2. The number of nitrogens with one attached hydrogen (secondary N) is 1. The summed E-state index contributed by atoms with van der Waals surface area (Å²) < 4.78 is 9.49. The van der Waals surface area contributed by atoms with Crippen molar-refractivity contribution < 1.29 is 18.9 Å². The number of benzene rings is 4. The third kappa shape index (κ3) is 5.77. The van der Waals surface area contributed by atoms with Gasteiger partial charge >= 0.3 is 0 Å². The molecule has 1 aliphatic heterocycles. The van der Waals surface area contributed by atoms with Crippen LogP contribution in [0.3, 0.4) is 0 Å². The molecule has 8 nitrogen and oxygen atoms in total. The number of allylic oxidation sites excluding steroid dienone is 6. The molecular formula is C38H38N5O3+. The van der Waals surface area contributed by atoms with Gasteiger partial charge in [0, 0.05) is 30.9 Å². The van der Waals surface area contributed by atoms with Gasteiger partial charge in [-0.25, -0.2) is 9.13 Å². The zero-order valence-corrected chi connectivity index (χ0v) is 26.4. The van der Waals surface area contributed by atoms with Crippen LogP contribution in [0, 0.1) is 0 Å². The summed E-state index contributed by atoms with van der Waals surface area (Å²) in [7, 11) is 5.79. The maximum Gasteiger partial charge on any atom is 0.293 e. The number of imidazole rings is 1. The van der Waals surface area contributed by atoms with E-state index >= 15 is 0 Å². The molecule has 0 saturated carbocycles. The number of aromatic nitrogens is 2. The standard InChI is InChI=1S/C38H37N5O3/c1-39-34(45)23-24-42-35(40(2)32-21-19-28-13-9-11-15-30(28)37(32)42)17-7-5-4-6-8-18-36-41(3)33-22-20-29-14-10-12-16-31(29)38(33)43(36)25-26-46-27-44/h4-22,27H,23-26H2,1-3H3/p+1. The number of hydrogen-bond acceptors (Lipinski definition) is 5. The molecule has 1 aliphatic rings. The molecule has 0 aliphatic carbocycles. The minimum Gasteiger partial charge on any atom is -0.466 e. The minimum absolute atomic E-state index is 0.0119. The van der Waals surface area contributed by atoms with Gasteiger partial charge in [-0.2, -0.15) is 0 Å². The molecular weight excluding hydrogens is 574 g/mol. The van der Waals surface area contributed by atoms with Crippen LogP contribution < -0.4 is 19.7 Å². The number of hydrogen-bond donors (Lipinski definition) is 1. The van der Waals surface area contributed by atoms with E-state index in [0.717, 1.165) is 50.2 Å². The molecule has 0 radical (unpaired) electrons. The van der Waals surface area contributed by atoms with Crippen molar-refractivity contribution in [3.63, 3.8) is 0 Å². The fourth-order valence-electron chi connectivity index (χ4n) is 6.30. The van der Waals surface area contributed by atoms with E-state index in [1.165, 1.54) is 5.39 Å². The summed E-state index contributed by atoms with van der Waals surface area (Å²) in [6, 6.07) is 25.3. The fraction of sp³-hybridized carbons (Fsp3) is 0.184. The maximum absolute atomic E-state index is 12.2. The van der Waals surface area contributed by atoms with Gasteiger partial charge in [0.15, 0.2) is 11.0 Å². The molecule has 8 heteroatoms. The van der Waals surface area contributed by atoms with Crippen LogP contribution in [0.15, 0.2) is 115 Å². The number of carbonyl (C=O) groups excluding carboxylic acids is 2. The molecule has 5 aromatic rings. The quantitative estimate of drug-likeness (QED) is 0.0857. The Kier molecular flexibility index (Phi) is 8.96. The summed E-state index contributed by atoms with van der Waals surface area (Å²) in [5.74, 6) is 2.02. The number of rotatable bonds is 11. The highest BCUT2D eigenvalue weighted by molar-refractivity contribution is 6.05. The van der Waals surface area contributed by atoms with E-state index in [4.69, 9.17) is 4.74 Å². The number of nitrogens with zero attached hydrogens (tertiary/aromatic N) is 4. The van der Waals surface area contributed by atoms with Crippen molar-refractivity contribution >= 4 is 62.4 Å². The average Bonchev–Trinajstić information content (AvgIpc) is 3.52. The SMILES string of the molecule is CNC(=O)CC[n+]1c(/C=C/C=C/C=C/C=C2/N(C)c3ccc4ccccc4c3N2CCOC=O)n(C)c2ccc3ccccc3c21. The van der Waals surface area contributed by atoms with E-state index < -0.39 is 0 Å². The molecule has 1 N–H and O–H groups in total. The van der Waals surface area contributed by atoms with Crippen LogP contribution in [0.25, 0.3) is 38.7 Å². The molecule has 0 atom stereocenters. The average molecular weight is 613 g/mol. The van der Waals surface area contributed by atoms with E-state index in [9.17, 15) is 9.59 Å². The summed E-state index contributed by atoms with van der Waals surface area (Å²) >= 11 is 0. The highest BCUT2D eigenvalue weighted by Gasteiger charge is 2.30. The predicted octanol–water partition coefficient (Wildman–Crippen LogP) is 6.00. The van der Waals surface area contributed by atoms with Crippen LogP contribution in [0.5, 0.6) is 0 Å². The Morgan fingerprint density at radius 2 is 1.57 bits per heavy atom. The second-order valence-corrected chi connectivity index (χ2v) is 11.1. The molecule has 6 rings (SSSR count). The minimum atomic E-state index is 0.0119. The van der Waals surface area contributed by atoms with Gasteiger partial charge in [-0.05, 0) is 41.1 Å². The van der Waals surface area contributed by atoms with Gasteiger partial charge in [-0.3, -0.25) is 9.59 Å². The van der Waals surface area contributed by atoms with Gasteiger partial charge in [0.2, 0.25) is 5.91 Å². The molecule has 0 saturated heterocycles. The van der Waals surface area contributed by atoms with E-state index in [0.29, 0.717) is 32.6 Å². The normalized spacial score (nSPS) is 14.2. The predicted molar refractivity (Wildman–Crippen MR) is 186 cm³/mol. The first-order valence-electron chi connectivity index (χ1n) is 15.4. The molecule has 0 bridgehead atoms. The van der Waals surface area contributed by atoms with Crippen LogP contribution in [-0.4, -0.2) is 44.2 Å². The Labute approximate surface area is 268 Å². The molecule has 0 fully saturated rings. The summed E-state index contributed by atoms with van der Waals surface area (Å²) in [5.41, 5.74) is 4.46. The van der Waals surface area contributed by atoms with Crippen LogP contribution >= 0.6 is 0 Å². The molecule has 2 heterocycles. The van der Waals surface area contributed by atoms with Crippen molar-refractivity contribution in [2.24, 2.45) is 7.05 Å². The molecule has 46 heavy (non-hydrogen) atoms. The smallest absolute Gasteiger partial charge is 0.293 e. The van der Waals surface area contributed by atoms with Gasteiger partial charge in [0.1, 0.15) is 12.4 Å². The molecule has 0 unspecified atom stereocenters. The second kappa shape index (κ2) is 13.6. The van der Waals surface area contributed by atoms with Gasteiger partial charge in [-0.1, -0.05) is 78.9 Å². The topological polar surface area (TPSA) is 70.7 Å². The largest absolute Gasteiger partial charge is 0.466 e. The third-order valence-electron chi connectivity index (χ3n) is 8.54. The summed E-state index contributed by atoms with van der Waals surface area (Å²) in [6.45, 7) is 1.90. The first-order valence-corrected chi connectivity index (χ1v) is 15.4. The maximum atomic E-state index is 12.2. The van der Waals surface area contributed by atoms with Crippen molar-refractivity contribution in [1.29, 1.82) is 0 Å². The van der Waals surface area contributed by atoms with Crippen molar-refractivity contribution in [3.8, 4) is 0 Å². The Bertz CT molecular complexity index is 2050. The van der Waals surface area contributed by atoms with Gasteiger partial charge < -0.3 is 19.9 Å². The Morgan fingerprint density at radius 3 is 2.35 bits per heavy atom. The number of fused-ring (bicyclic) bond motifs is 6. The van der Waals surface area contributed by atoms with Crippen molar-refractivity contribution in [2.75, 3.05) is 37.0 Å². The van der Waals surface area contributed by atoms with Gasteiger partial charge in [0.25, 0.3) is 12.3 Å². The summed E-state index contributed by atoms with van der Waals surface area (Å²) in [6.07, 6.45) is 14.6. The first-order chi connectivity index (χ1) is 22.5. The Morgan fingerprint density at radius 1 is 0.870 bits per heavy atom. The fourth-order valence-corrected chi connectivity index (χ4v) is 6.30. The third-order valence-corrected chi connectivity index (χ3v) is 8.54. The number of carbonyl (C=O) groups is 2. The van der Waals surface area contributed by atoms with Crippen LogP contribution in [0.4, 0.5) is 11.4 Å². The summed E-state index contributed by atoms with van der Waals surface area (Å²) in [5, 5.41) is 7.40. The number of amides is 1. The van der Waals surface area contributed by atoms with Crippen molar-refractivity contribution in [2.45, 2.75) is 13.0 Å². The number of anilines is 2. The lowest BCUT2D eigenvalue weighted by atomic mass is 10.1. The van der Waals surface area contributed by atoms with Crippen LogP contribution in [0.1, 0.15) is 12.2 Å². The van der Waals surface area contributed by atoms with E-state index in [-0.39, 0.29) is 5.91 Å².